The maximum absolute atomic E-state index is 11.9. The van der Waals surface area contributed by atoms with Gasteiger partial charge in [0.25, 0.3) is 0 Å². The van der Waals surface area contributed by atoms with Gasteiger partial charge in [-0.2, -0.15) is 0 Å². The van der Waals surface area contributed by atoms with Crippen molar-refractivity contribution in [1.29, 1.82) is 0 Å². The number of carbonyl (C=O) groups is 1. The van der Waals surface area contributed by atoms with Gasteiger partial charge in [-0.05, 0) is 50.3 Å². The standard InChI is InChI=1S/C22H36ClN5O2.HI/c1-4-11-25-21(29)16-28-13-9-18(10-14-28)27-22(24-5-2)26-12-8-17-6-7-19(30-3)15-20(17)23;/h6-7,15,18H,4-5,8-14,16H2,1-3H3,(H,25,29)(H2,24,26,27);1H. The largest absolute Gasteiger partial charge is 0.497 e. The molecule has 0 atom stereocenters. The smallest absolute Gasteiger partial charge is 0.234 e. The number of likely N-dealkylation sites (tertiary alicyclic amines) is 1. The summed E-state index contributed by atoms with van der Waals surface area (Å²) in [5.41, 5.74) is 1.06. The molecule has 0 saturated carbocycles. The molecule has 31 heavy (non-hydrogen) atoms. The number of nitrogens with one attached hydrogen (secondary N) is 3. The maximum atomic E-state index is 11.9. The van der Waals surface area contributed by atoms with E-state index >= 15 is 0 Å². The van der Waals surface area contributed by atoms with E-state index in [9.17, 15) is 4.79 Å². The zero-order valence-electron chi connectivity index (χ0n) is 18.9. The Hall–Kier alpha value is -1.26. The van der Waals surface area contributed by atoms with Crippen molar-refractivity contribution in [2.24, 2.45) is 4.99 Å². The number of piperidine rings is 1. The minimum Gasteiger partial charge on any atom is -0.497 e. The second kappa shape index (κ2) is 15.5. The van der Waals surface area contributed by atoms with Gasteiger partial charge in [0.05, 0.1) is 13.7 Å². The van der Waals surface area contributed by atoms with Crippen LogP contribution in [0.2, 0.25) is 5.02 Å². The summed E-state index contributed by atoms with van der Waals surface area (Å²) >= 11 is 6.33. The fourth-order valence-electron chi connectivity index (χ4n) is 3.42. The van der Waals surface area contributed by atoms with E-state index in [1.165, 1.54) is 0 Å². The molecule has 0 spiro atoms. The van der Waals surface area contributed by atoms with Gasteiger partial charge < -0.3 is 20.7 Å². The van der Waals surface area contributed by atoms with E-state index in [2.05, 4.69) is 34.7 Å². The summed E-state index contributed by atoms with van der Waals surface area (Å²) in [5.74, 6) is 1.72. The van der Waals surface area contributed by atoms with Crippen LogP contribution in [0.4, 0.5) is 0 Å². The number of hydrogen-bond acceptors (Lipinski definition) is 4. The molecule has 0 aliphatic carbocycles. The molecule has 1 fully saturated rings. The van der Waals surface area contributed by atoms with Crippen molar-refractivity contribution in [3.8, 4) is 5.75 Å². The van der Waals surface area contributed by atoms with E-state index in [0.29, 0.717) is 24.2 Å². The Morgan fingerprint density at radius 2 is 2.00 bits per heavy atom. The maximum Gasteiger partial charge on any atom is 0.234 e. The lowest BCUT2D eigenvalue weighted by Crippen LogP contribution is -2.50. The minimum atomic E-state index is 0. The van der Waals surface area contributed by atoms with E-state index < -0.39 is 0 Å². The average molecular weight is 566 g/mol. The molecule has 1 saturated heterocycles. The van der Waals surface area contributed by atoms with Crippen molar-refractivity contribution in [1.82, 2.24) is 20.9 Å². The van der Waals surface area contributed by atoms with Crippen LogP contribution in [0.5, 0.6) is 5.75 Å². The highest BCUT2D eigenvalue weighted by Crippen LogP contribution is 2.22. The van der Waals surface area contributed by atoms with Gasteiger partial charge in [-0.25, -0.2) is 0 Å². The summed E-state index contributed by atoms with van der Waals surface area (Å²) < 4.78 is 5.20. The zero-order chi connectivity index (χ0) is 21.8. The first-order valence-corrected chi connectivity index (χ1v) is 11.3. The van der Waals surface area contributed by atoms with Crippen LogP contribution >= 0.6 is 35.6 Å². The lowest BCUT2D eigenvalue weighted by molar-refractivity contribution is -0.122. The number of hydrogen-bond donors (Lipinski definition) is 3. The van der Waals surface area contributed by atoms with Crippen molar-refractivity contribution in [2.45, 2.75) is 45.6 Å². The van der Waals surface area contributed by atoms with E-state index in [0.717, 1.165) is 69.1 Å². The quantitative estimate of drug-likeness (QED) is 0.231. The van der Waals surface area contributed by atoms with Gasteiger partial charge in [-0.3, -0.25) is 14.7 Å². The summed E-state index contributed by atoms with van der Waals surface area (Å²) in [7, 11) is 1.63. The Morgan fingerprint density at radius 3 is 2.61 bits per heavy atom. The van der Waals surface area contributed by atoms with Gasteiger partial charge in [-0.15, -0.1) is 24.0 Å². The van der Waals surface area contributed by atoms with Crippen molar-refractivity contribution >= 4 is 47.4 Å². The Kier molecular flexibility index (Phi) is 13.9. The fraction of sp³-hybridized carbons (Fsp3) is 0.636. The van der Waals surface area contributed by atoms with Crippen molar-refractivity contribution < 1.29 is 9.53 Å². The molecule has 0 bridgehead atoms. The molecule has 7 nitrogen and oxygen atoms in total. The molecular weight excluding hydrogens is 529 g/mol. The third-order valence-electron chi connectivity index (χ3n) is 5.12. The van der Waals surface area contributed by atoms with Gasteiger partial charge in [-0.1, -0.05) is 24.6 Å². The summed E-state index contributed by atoms with van der Waals surface area (Å²) in [6.45, 7) is 8.66. The van der Waals surface area contributed by atoms with Crippen molar-refractivity contribution in [3.63, 3.8) is 0 Å². The molecule has 3 N–H and O–H groups in total. The van der Waals surface area contributed by atoms with Crippen LogP contribution in [0.1, 0.15) is 38.7 Å². The molecule has 1 aliphatic rings. The van der Waals surface area contributed by atoms with Crippen LogP contribution in [-0.4, -0.2) is 69.2 Å². The molecule has 176 valence electrons. The van der Waals surface area contributed by atoms with Crippen LogP contribution in [-0.2, 0) is 11.2 Å². The number of ether oxygens (including phenoxy) is 1. The van der Waals surface area contributed by atoms with E-state index in [-0.39, 0.29) is 29.9 Å². The van der Waals surface area contributed by atoms with Crippen molar-refractivity contribution in [2.75, 3.05) is 46.4 Å². The van der Waals surface area contributed by atoms with Crippen molar-refractivity contribution in [3.05, 3.63) is 28.8 Å². The summed E-state index contributed by atoms with van der Waals surface area (Å²) in [5, 5.41) is 10.5. The number of amides is 1. The Balaban J connectivity index is 0.00000480. The van der Waals surface area contributed by atoms with E-state index in [1.807, 2.05) is 18.2 Å². The topological polar surface area (TPSA) is 78.0 Å². The Labute approximate surface area is 208 Å². The number of halogens is 2. The second-order valence-electron chi connectivity index (χ2n) is 7.51. The summed E-state index contributed by atoms with van der Waals surface area (Å²) in [6, 6.07) is 6.11. The number of guanidine groups is 1. The number of nitrogens with zero attached hydrogens (tertiary/aromatic N) is 2. The van der Waals surface area contributed by atoms with Crippen LogP contribution in [0.25, 0.3) is 0 Å². The number of benzene rings is 1. The second-order valence-corrected chi connectivity index (χ2v) is 7.92. The minimum absolute atomic E-state index is 0. The molecule has 9 heteroatoms. The molecule has 1 aromatic carbocycles. The first kappa shape index (κ1) is 27.8. The average Bonchev–Trinajstić information content (AvgIpc) is 2.74. The molecule has 1 aliphatic heterocycles. The monoisotopic (exact) mass is 565 g/mol. The molecule has 2 rings (SSSR count). The molecule has 0 aromatic heterocycles. The van der Waals surface area contributed by atoms with Crippen LogP contribution in [0, 0.1) is 0 Å². The molecule has 0 unspecified atom stereocenters. The fourth-order valence-corrected chi connectivity index (χ4v) is 3.68. The predicted molar refractivity (Wildman–Crippen MR) is 139 cm³/mol. The molecule has 0 radical (unpaired) electrons. The number of rotatable bonds is 10. The highest BCUT2D eigenvalue weighted by atomic mass is 127. The third-order valence-corrected chi connectivity index (χ3v) is 5.48. The van der Waals surface area contributed by atoms with Gasteiger partial charge in [0, 0.05) is 43.8 Å². The van der Waals surface area contributed by atoms with E-state index in [4.69, 9.17) is 21.3 Å². The van der Waals surface area contributed by atoms with Crippen LogP contribution in [0.15, 0.2) is 23.2 Å². The van der Waals surface area contributed by atoms with Gasteiger partial charge in [0.1, 0.15) is 5.75 Å². The van der Waals surface area contributed by atoms with Crippen LogP contribution < -0.4 is 20.7 Å². The highest BCUT2D eigenvalue weighted by Gasteiger charge is 2.21. The Bertz CT molecular complexity index is 696. The molecular formula is C22H37ClIN5O2. The lowest BCUT2D eigenvalue weighted by Gasteiger charge is -2.32. The number of aliphatic imine (C=N–C) groups is 1. The first-order chi connectivity index (χ1) is 14.5. The Morgan fingerprint density at radius 1 is 1.26 bits per heavy atom. The molecule has 1 amide bonds. The summed E-state index contributed by atoms with van der Waals surface area (Å²) in [4.78, 5) is 18.8. The van der Waals surface area contributed by atoms with Gasteiger partial charge in [0.2, 0.25) is 5.91 Å². The highest BCUT2D eigenvalue weighted by molar-refractivity contribution is 14.0. The normalized spacial score (nSPS) is 15.2. The van der Waals surface area contributed by atoms with E-state index in [1.54, 1.807) is 7.11 Å². The lowest BCUT2D eigenvalue weighted by atomic mass is 10.1. The molecule has 1 aromatic rings. The SMILES string of the molecule is CCCNC(=O)CN1CCC(NC(=NCCc2ccc(OC)cc2Cl)NCC)CC1.I. The zero-order valence-corrected chi connectivity index (χ0v) is 22.0. The third kappa shape index (κ3) is 10.3. The predicted octanol–water partition coefficient (Wildman–Crippen LogP) is 3.05. The van der Waals surface area contributed by atoms with Gasteiger partial charge in [0.15, 0.2) is 5.96 Å². The van der Waals surface area contributed by atoms with Gasteiger partial charge >= 0.3 is 0 Å². The van der Waals surface area contributed by atoms with Crippen LogP contribution in [0.3, 0.4) is 0 Å². The first-order valence-electron chi connectivity index (χ1n) is 10.9. The number of methoxy groups -OCH3 is 1. The summed E-state index contributed by atoms with van der Waals surface area (Å²) in [6.07, 6.45) is 3.73. The molecule has 1 heterocycles. The number of carbonyl (C=O) groups excluding carboxylic acids is 1.